The van der Waals surface area contributed by atoms with Crippen LogP contribution in [0.2, 0.25) is 0 Å². The number of para-hydroxylation sites is 1. The Labute approximate surface area is 157 Å². The maximum atomic E-state index is 5.90. The van der Waals surface area contributed by atoms with Crippen molar-refractivity contribution in [3.05, 3.63) is 79.0 Å². The summed E-state index contributed by atoms with van der Waals surface area (Å²) in [4.78, 5) is 9.28. The van der Waals surface area contributed by atoms with E-state index in [2.05, 4.69) is 26.8 Å². The molecule has 1 atom stereocenters. The maximum Gasteiger partial charge on any atom is 0.131 e. The van der Waals surface area contributed by atoms with Crippen LogP contribution in [0.1, 0.15) is 24.7 Å². The molecule has 0 radical (unpaired) electrons. The van der Waals surface area contributed by atoms with Crippen molar-refractivity contribution in [1.82, 2.24) is 19.7 Å². The van der Waals surface area contributed by atoms with Crippen LogP contribution in [0.4, 0.5) is 0 Å². The van der Waals surface area contributed by atoms with Crippen molar-refractivity contribution in [3.63, 3.8) is 0 Å². The van der Waals surface area contributed by atoms with Crippen LogP contribution in [0.5, 0.6) is 11.5 Å². The molecule has 4 aromatic rings. The van der Waals surface area contributed by atoms with Crippen LogP contribution >= 0.6 is 0 Å². The van der Waals surface area contributed by atoms with Crippen LogP contribution in [0, 0.1) is 0 Å². The molecule has 1 aliphatic heterocycles. The molecule has 0 aliphatic carbocycles. The van der Waals surface area contributed by atoms with E-state index in [1.54, 1.807) is 0 Å². The number of benzene rings is 2. The predicted molar refractivity (Wildman–Crippen MR) is 105 cm³/mol. The summed E-state index contributed by atoms with van der Waals surface area (Å²) >= 11 is 0. The number of rotatable bonds is 4. The molecule has 0 spiro atoms. The van der Waals surface area contributed by atoms with Crippen LogP contribution in [-0.4, -0.2) is 20.9 Å². The van der Waals surface area contributed by atoms with Crippen LogP contribution in [0.3, 0.4) is 0 Å². The van der Waals surface area contributed by atoms with Gasteiger partial charge in [-0.3, -0.25) is 9.38 Å². The number of fused-ring (bicyclic) bond motifs is 1. The predicted octanol–water partition coefficient (Wildman–Crippen LogP) is 4.61. The van der Waals surface area contributed by atoms with E-state index < -0.39 is 0 Å². The fraction of sp³-hybridized carbons (Fsp3) is 0.182. The number of ether oxygens (including phenoxy) is 1. The Morgan fingerprint density at radius 1 is 1.00 bits per heavy atom. The van der Waals surface area contributed by atoms with Gasteiger partial charge in [0.05, 0.1) is 23.4 Å². The van der Waals surface area contributed by atoms with E-state index in [0.717, 1.165) is 47.1 Å². The lowest BCUT2D eigenvalue weighted by atomic mass is 10.1. The molecular formula is C22H20N4O. The Balaban J connectivity index is 1.50. The Bertz CT molecular complexity index is 1050. The first-order valence-electron chi connectivity index (χ1n) is 9.27. The Kier molecular flexibility index (Phi) is 4.07. The summed E-state index contributed by atoms with van der Waals surface area (Å²) in [5, 5.41) is 3.54. The first-order valence-corrected chi connectivity index (χ1v) is 9.27. The smallest absolute Gasteiger partial charge is 0.131 e. The minimum atomic E-state index is 0.300. The summed E-state index contributed by atoms with van der Waals surface area (Å²) in [5.74, 6) is 2.70. The number of aromatic nitrogens is 3. The van der Waals surface area contributed by atoms with Crippen LogP contribution in [0.25, 0.3) is 16.8 Å². The van der Waals surface area contributed by atoms with Crippen molar-refractivity contribution < 1.29 is 4.74 Å². The second kappa shape index (κ2) is 6.85. The normalized spacial score (nSPS) is 16.7. The van der Waals surface area contributed by atoms with Gasteiger partial charge in [0.15, 0.2) is 0 Å². The van der Waals surface area contributed by atoms with Gasteiger partial charge in [-0.2, -0.15) is 0 Å². The number of nitrogens with zero attached hydrogens (tertiary/aromatic N) is 3. The molecule has 0 unspecified atom stereocenters. The van der Waals surface area contributed by atoms with E-state index in [0.29, 0.717) is 6.04 Å². The van der Waals surface area contributed by atoms with Gasteiger partial charge in [0.1, 0.15) is 17.3 Å². The molecule has 0 saturated carbocycles. The second-order valence-corrected chi connectivity index (χ2v) is 6.74. The molecule has 3 heterocycles. The van der Waals surface area contributed by atoms with Gasteiger partial charge >= 0.3 is 0 Å². The summed E-state index contributed by atoms with van der Waals surface area (Å²) < 4.78 is 8.05. The minimum Gasteiger partial charge on any atom is -0.457 e. The van der Waals surface area contributed by atoms with Gasteiger partial charge in [0.25, 0.3) is 0 Å². The van der Waals surface area contributed by atoms with Gasteiger partial charge in [0.2, 0.25) is 0 Å². The molecule has 5 heteroatoms. The quantitative estimate of drug-likeness (QED) is 0.580. The van der Waals surface area contributed by atoms with Gasteiger partial charge in [-0.1, -0.05) is 18.2 Å². The van der Waals surface area contributed by atoms with Crippen molar-refractivity contribution in [2.24, 2.45) is 0 Å². The first-order chi connectivity index (χ1) is 13.4. The Morgan fingerprint density at radius 3 is 2.59 bits per heavy atom. The topological polar surface area (TPSA) is 51.5 Å². The fourth-order valence-corrected chi connectivity index (χ4v) is 3.63. The molecule has 1 saturated heterocycles. The zero-order chi connectivity index (χ0) is 18.1. The third-order valence-electron chi connectivity index (χ3n) is 4.95. The fourth-order valence-electron chi connectivity index (χ4n) is 3.63. The van der Waals surface area contributed by atoms with Gasteiger partial charge in [-0.15, -0.1) is 0 Å². The molecule has 1 fully saturated rings. The van der Waals surface area contributed by atoms with E-state index in [1.165, 1.54) is 6.42 Å². The highest BCUT2D eigenvalue weighted by Crippen LogP contribution is 2.31. The van der Waals surface area contributed by atoms with E-state index in [1.807, 2.05) is 61.1 Å². The summed E-state index contributed by atoms with van der Waals surface area (Å²) in [7, 11) is 0. The molecule has 27 heavy (non-hydrogen) atoms. The van der Waals surface area contributed by atoms with Crippen molar-refractivity contribution in [3.8, 4) is 22.8 Å². The molecule has 2 aromatic carbocycles. The van der Waals surface area contributed by atoms with Crippen LogP contribution in [-0.2, 0) is 0 Å². The van der Waals surface area contributed by atoms with Gasteiger partial charge in [-0.05, 0) is 55.8 Å². The Hall–Kier alpha value is -3.18. The zero-order valence-corrected chi connectivity index (χ0v) is 14.9. The highest BCUT2D eigenvalue weighted by Gasteiger charge is 2.23. The largest absolute Gasteiger partial charge is 0.457 e. The first kappa shape index (κ1) is 16.0. The molecular weight excluding hydrogens is 336 g/mol. The average Bonchev–Trinajstić information content (AvgIpc) is 3.37. The van der Waals surface area contributed by atoms with Crippen molar-refractivity contribution in [2.45, 2.75) is 18.9 Å². The standard InChI is InChI=1S/C22H20N4O/c1-2-5-17(6-3-1)27-18-10-8-16(9-11-18)21-20-15-23-13-14-26(20)22(25-21)19-7-4-12-24-19/h1-3,5-6,8-11,13-15,19,24H,4,7,12H2/t19-/m1/s1. The average molecular weight is 356 g/mol. The summed E-state index contributed by atoms with van der Waals surface area (Å²) in [6.45, 7) is 1.05. The van der Waals surface area contributed by atoms with Gasteiger partial charge in [0, 0.05) is 18.0 Å². The van der Waals surface area contributed by atoms with Gasteiger partial charge in [-0.25, -0.2) is 4.98 Å². The van der Waals surface area contributed by atoms with Crippen molar-refractivity contribution in [1.29, 1.82) is 0 Å². The molecule has 0 bridgehead atoms. The van der Waals surface area contributed by atoms with Gasteiger partial charge < -0.3 is 10.1 Å². The molecule has 5 rings (SSSR count). The number of imidazole rings is 1. The van der Waals surface area contributed by atoms with E-state index in [4.69, 9.17) is 9.72 Å². The van der Waals surface area contributed by atoms with Crippen molar-refractivity contribution >= 4 is 5.52 Å². The SMILES string of the molecule is c1ccc(Oc2ccc(-c3nc([C@H]4CCCN4)n4ccncc34)cc2)cc1. The molecule has 134 valence electrons. The maximum absolute atomic E-state index is 5.90. The molecule has 5 nitrogen and oxygen atoms in total. The molecule has 2 aromatic heterocycles. The van der Waals surface area contributed by atoms with E-state index in [9.17, 15) is 0 Å². The third kappa shape index (κ3) is 3.06. The van der Waals surface area contributed by atoms with Crippen LogP contribution < -0.4 is 10.1 Å². The molecule has 1 aliphatic rings. The monoisotopic (exact) mass is 356 g/mol. The summed E-state index contributed by atoms with van der Waals surface area (Å²) in [6.07, 6.45) is 7.99. The lowest BCUT2D eigenvalue weighted by Gasteiger charge is -2.08. The van der Waals surface area contributed by atoms with E-state index >= 15 is 0 Å². The second-order valence-electron chi connectivity index (χ2n) is 6.74. The highest BCUT2D eigenvalue weighted by atomic mass is 16.5. The zero-order valence-electron chi connectivity index (χ0n) is 14.9. The lowest BCUT2D eigenvalue weighted by Crippen LogP contribution is -2.15. The lowest BCUT2D eigenvalue weighted by molar-refractivity contribution is 0.483. The summed E-state index contributed by atoms with van der Waals surface area (Å²) in [6, 6.07) is 18.2. The van der Waals surface area contributed by atoms with Crippen molar-refractivity contribution in [2.75, 3.05) is 6.54 Å². The molecule has 1 N–H and O–H groups in total. The minimum absolute atomic E-state index is 0.300. The number of hydrogen-bond donors (Lipinski definition) is 1. The number of nitrogens with one attached hydrogen (secondary N) is 1. The summed E-state index contributed by atoms with van der Waals surface area (Å²) in [5.41, 5.74) is 3.04. The third-order valence-corrected chi connectivity index (χ3v) is 4.95. The van der Waals surface area contributed by atoms with E-state index in [-0.39, 0.29) is 0 Å². The van der Waals surface area contributed by atoms with Crippen LogP contribution in [0.15, 0.2) is 73.2 Å². The highest BCUT2D eigenvalue weighted by molar-refractivity contribution is 5.77. The molecule has 0 amide bonds. The number of hydrogen-bond acceptors (Lipinski definition) is 4. The Morgan fingerprint density at radius 2 is 1.81 bits per heavy atom.